The van der Waals surface area contributed by atoms with Crippen LogP contribution in [-0.2, 0) is 10.2 Å². The average Bonchev–Trinajstić information content (AvgIpc) is 3.15. The van der Waals surface area contributed by atoms with Gasteiger partial charge in [-0.25, -0.2) is 14.3 Å². The van der Waals surface area contributed by atoms with Gasteiger partial charge in [-0.15, -0.1) is 16.7 Å². The Morgan fingerprint density at radius 1 is 1.37 bits per heavy atom. The molecule has 1 saturated heterocycles. The first kappa shape index (κ1) is 22.9. The van der Waals surface area contributed by atoms with Crippen molar-refractivity contribution in [2.45, 2.75) is 45.6 Å². The van der Waals surface area contributed by atoms with Crippen molar-refractivity contribution < 1.29 is 17.2 Å². The van der Waals surface area contributed by atoms with Crippen LogP contribution < -0.4 is 10.5 Å². The van der Waals surface area contributed by atoms with Crippen molar-refractivity contribution in [2.75, 3.05) is 19.0 Å². The van der Waals surface area contributed by atoms with E-state index >= 15 is 0 Å². The van der Waals surface area contributed by atoms with Gasteiger partial charge in [0.2, 0.25) is 5.89 Å². The van der Waals surface area contributed by atoms with Gasteiger partial charge in [-0.2, -0.15) is 17.4 Å². The van der Waals surface area contributed by atoms with E-state index in [4.69, 9.17) is 16.0 Å². The quantitative estimate of drug-likeness (QED) is 0.617. The fourth-order valence-corrected chi connectivity index (χ4v) is 5.58. The highest BCUT2D eigenvalue weighted by Crippen LogP contribution is 2.35. The van der Waals surface area contributed by atoms with Gasteiger partial charge in [0, 0.05) is 24.9 Å². The lowest BCUT2D eigenvalue weighted by atomic mass is 9.88. The Morgan fingerprint density at radius 2 is 2.03 bits per heavy atom. The Kier molecular flexibility index (Phi) is 7.01. The zero-order chi connectivity index (χ0) is 22.1. The van der Waals surface area contributed by atoms with Crippen LogP contribution in [0.4, 0.5) is 4.39 Å². The number of aromatic amines is 1. The van der Waals surface area contributed by atoms with Crippen molar-refractivity contribution in [1.29, 1.82) is 0 Å². The number of aryl methyl sites for hydroxylation is 1. The molecule has 1 aliphatic heterocycles. The zero-order valence-corrected chi connectivity index (χ0v) is 18.7. The Labute approximate surface area is 180 Å². The van der Waals surface area contributed by atoms with Crippen molar-refractivity contribution in [2.24, 2.45) is 5.92 Å². The SMILES string of the molecule is Cc1ccc(F)c([C@@H](C)[C@H](NS(=O)(=O)N2CCC(CCl)CC2)c2n[nH]c(=O)o2)c1C. The van der Waals surface area contributed by atoms with Crippen molar-refractivity contribution in [1.82, 2.24) is 19.2 Å². The van der Waals surface area contributed by atoms with E-state index < -0.39 is 33.7 Å². The van der Waals surface area contributed by atoms with Crippen LogP contribution in [0.25, 0.3) is 0 Å². The standard InChI is InChI=1S/C19H26ClFN4O4S/c1-11-4-5-15(21)16(12(11)2)13(3)17(18-22-23-19(26)29-18)24-30(27,28)25-8-6-14(10-20)7-9-25/h4-5,13-14,17,24H,6-10H2,1-3H3,(H,23,26)/t13-,17+/m1/s1. The first-order valence-electron chi connectivity index (χ1n) is 9.78. The molecule has 2 N–H and O–H groups in total. The van der Waals surface area contributed by atoms with Crippen LogP contribution in [0.3, 0.4) is 0 Å². The van der Waals surface area contributed by atoms with Crippen LogP contribution in [0.15, 0.2) is 21.3 Å². The van der Waals surface area contributed by atoms with Crippen LogP contribution >= 0.6 is 11.6 Å². The molecule has 8 nitrogen and oxygen atoms in total. The molecule has 0 aliphatic carbocycles. The summed E-state index contributed by atoms with van der Waals surface area (Å²) < 4.78 is 49.8. The molecule has 0 bridgehead atoms. The smallest absolute Gasteiger partial charge is 0.391 e. The van der Waals surface area contributed by atoms with Crippen LogP contribution in [-0.4, -0.2) is 41.9 Å². The molecule has 0 radical (unpaired) electrons. The van der Waals surface area contributed by atoms with E-state index in [1.54, 1.807) is 19.9 Å². The van der Waals surface area contributed by atoms with Gasteiger partial charge >= 0.3 is 5.76 Å². The predicted octanol–water partition coefficient (Wildman–Crippen LogP) is 2.75. The van der Waals surface area contributed by atoms with Crippen LogP contribution in [0, 0.1) is 25.6 Å². The number of hydrogen-bond acceptors (Lipinski definition) is 5. The van der Waals surface area contributed by atoms with Gasteiger partial charge in [0.1, 0.15) is 11.9 Å². The minimum atomic E-state index is -3.94. The Bertz CT molecular complexity index is 1050. The normalized spacial score (nSPS) is 18.4. The molecule has 0 saturated carbocycles. The lowest BCUT2D eigenvalue weighted by Gasteiger charge is -2.32. The zero-order valence-electron chi connectivity index (χ0n) is 17.1. The maximum atomic E-state index is 14.7. The molecule has 11 heteroatoms. The predicted molar refractivity (Wildman–Crippen MR) is 111 cm³/mol. The number of aromatic nitrogens is 2. The number of nitrogens with zero attached hydrogens (tertiary/aromatic N) is 2. The largest absolute Gasteiger partial charge is 0.434 e. The number of H-pyrrole nitrogens is 1. The van der Waals surface area contributed by atoms with E-state index in [9.17, 15) is 17.6 Å². The summed E-state index contributed by atoms with van der Waals surface area (Å²) in [6, 6.07) is 1.93. The van der Waals surface area contributed by atoms with E-state index in [0.29, 0.717) is 42.9 Å². The summed E-state index contributed by atoms with van der Waals surface area (Å²) in [5.74, 6) is -1.34. The number of nitrogens with one attached hydrogen (secondary N) is 2. The minimum Gasteiger partial charge on any atom is -0.391 e. The van der Waals surface area contributed by atoms with Gasteiger partial charge in [-0.1, -0.05) is 13.0 Å². The first-order chi connectivity index (χ1) is 14.1. The summed E-state index contributed by atoms with van der Waals surface area (Å²) in [7, 11) is -3.94. The van der Waals surface area contributed by atoms with E-state index in [1.165, 1.54) is 10.4 Å². The minimum absolute atomic E-state index is 0.146. The summed E-state index contributed by atoms with van der Waals surface area (Å²) in [5, 5.41) is 5.96. The molecule has 1 aromatic heterocycles. The maximum Gasteiger partial charge on any atom is 0.434 e. The molecule has 2 heterocycles. The monoisotopic (exact) mass is 460 g/mol. The molecule has 30 heavy (non-hydrogen) atoms. The summed E-state index contributed by atoms with van der Waals surface area (Å²) in [6.45, 7) is 5.95. The van der Waals surface area contributed by atoms with Gasteiger partial charge < -0.3 is 4.42 Å². The lowest BCUT2D eigenvalue weighted by molar-refractivity contribution is 0.281. The summed E-state index contributed by atoms with van der Waals surface area (Å²) in [4.78, 5) is 11.5. The molecule has 1 fully saturated rings. The number of alkyl halides is 1. The second-order valence-electron chi connectivity index (χ2n) is 7.74. The number of halogens is 2. The molecule has 3 rings (SSSR count). The second kappa shape index (κ2) is 9.17. The highest BCUT2D eigenvalue weighted by molar-refractivity contribution is 7.87. The summed E-state index contributed by atoms with van der Waals surface area (Å²) in [5.41, 5.74) is 1.91. The van der Waals surface area contributed by atoms with Crippen LogP contribution in [0.5, 0.6) is 0 Å². The third kappa shape index (κ3) is 4.77. The third-order valence-corrected chi connectivity index (χ3v) is 7.85. The molecule has 0 amide bonds. The number of piperidine rings is 1. The fraction of sp³-hybridized carbons (Fsp3) is 0.579. The van der Waals surface area contributed by atoms with Gasteiger partial charge in [-0.3, -0.25) is 0 Å². The van der Waals surface area contributed by atoms with Crippen molar-refractivity contribution in [3.63, 3.8) is 0 Å². The lowest BCUT2D eigenvalue weighted by Crippen LogP contribution is -2.47. The fourth-order valence-electron chi connectivity index (χ4n) is 3.81. The molecule has 2 atom stereocenters. The van der Waals surface area contributed by atoms with E-state index in [1.807, 2.05) is 6.92 Å². The van der Waals surface area contributed by atoms with Gasteiger partial charge in [-0.05, 0) is 55.4 Å². The Balaban J connectivity index is 1.95. The Hall–Kier alpha value is -1.75. The van der Waals surface area contributed by atoms with Crippen molar-refractivity contribution >= 4 is 21.8 Å². The maximum absolute atomic E-state index is 14.7. The number of rotatable bonds is 7. The van der Waals surface area contributed by atoms with Crippen molar-refractivity contribution in [3.8, 4) is 0 Å². The molecule has 2 aromatic rings. The van der Waals surface area contributed by atoms with E-state index in [0.717, 1.165) is 5.56 Å². The average molecular weight is 461 g/mol. The second-order valence-corrected chi connectivity index (χ2v) is 9.75. The van der Waals surface area contributed by atoms with E-state index in [-0.39, 0.29) is 11.8 Å². The molecular weight excluding hydrogens is 435 g/mol. The van der Waals surface area contributed by atoms with Crippen LogP contribution in [0.1, 0.15) is 54.3 Å². The molecule has 1 aliphatic rings. The Morgan fingerprint density at radius 3 is 2.60 bits per heavy atom. The molecule has 0 unspecified atom stereocenters. The first-order valence-corrected chi connectivity index (χ1v) is 11.8. The van der Waals surface area contributed by atoms with Gasteiger partial charge in [0.15, 0.2) is 0 Å². The third-order valence-electron chi connectivity index (χ3n) is 5.82. The summed E-state index contributed by atoms with van der Waals surface area (Å²) in [6.07, 6.45) is 1.32. The van der Waals surface area contributed by atoms with Crippen molar-refractivity contribution in [3.05, 3.63) is 51.1 Å². The van der Waals surface area contributed by atoms with Crippen LogP contribution in [0.2, 0.25) is 0 Å². The highest BCUT2D eigenvalue weighted by atomic mass is 35.5. The number of benzene rings is 1. The number of hydrogen-bond donors (Lipinski definition) is 2. The molecular formula is C19H26ClFN4O4S. The topological polar surface area (TPSA) is 108 Å². The molecule has 1 aromatic carbocycles. The van der Waals surface area contributed by atoms with E-state index in [2.05, 4.69) is 14.9 Å². The van der Waals surface area contributed by atoms with Gasteiger partial charge in [0.05, 0.1) is 0 Å². The summed E-state index contributed by atoms with van der Waals surface area (Å²) >= 11 is 5.89. The highest BCUT2D eigenvalue weighted by Gasteiger charge is 2.36. The molecule has 166 valence electrons. The molecule has 0 spiro atoms. The van der Waals surface area contributed by atoms with Gasteiger partial charge in [0.25, 0.3) is 10.2 Å².